The normalized spacial score (nSPS) is 20.9. The van der Waals surface area contributed by atoms with Crippen molar-refractivity contribution in [2.75, 3.05) is 33.3 Å². The van der Waals surface area contributed by atoms with Gasteiger partial charge >= 0.3 is 0 Å². The van der Waals surface area contributed by atoms with E-state index in [2.05, 4.69) is 16.3 Å². The predicted octanol–water partition coefficient (Wildman–Crippen LogP) is 2.75. The third kappa shape index (κ3) is 4.50. The van der Waals surface area contributed by atoms with Gasteiger partial charge in [0, 0.05) is 38.3 Å². The van der Waals surface area contributed by atoms with Crippen molar-refractivity contribution in [3.63, 3.8) is 0 Å². The van der Waals surface area contributed by atoms with E-state index in [1.54, 1.807) is 0 Å². The van der Waals surface area contributed by atoms with Crippen molar-refractivity contribution < 1.29 is 24.5 Å². The van der Waals surface area contributed by atoms with Gasteiger partial charge in [0.1, 0.15) is 24.2 Å². The maximum atomic E-state index is 12.0. The number of carbonyl (C=O) groups is 1. The monoisotopic (exact) mass is 446 g/mol. The molecule has 2 aliphatic heterocycles. The van der Waals surface area contributed by atoms with Gasteiger partial charge in [0.25, 0.3) is 5.91 Å². The van der Waals surface area contributed by atoms with Crippen LogP contribution in [0.15, 0.2) is 42.5 Å². The van der Waals surface area contributed by atoms with Crippen molar-refractivity contribution in [2.24, 2.45) is 0 Å². The topological polar surface area (TPSA) is 91.3 Å². The number of aromatic hydroxyl groups is 1. The number of nitrogens with zero attached hydrogens (tertiary/aromatic N) is 1. The lowest BCUT2D eigenvalue weighted by molar-refractivity contribution is -0.0888. The van der Waals surface area contributed by atoms with E-state index in [0.29, 0.717) is 12.1 Å². The van der Waals surface area contributed by atoms with Crippen LogP contribution in [0.2, 0.25) is 0 Å². The Balaban J connectivity index is 1.32. The van der Waals surface area contributed by atoms with E-state index in [1.165, 1.54) is 30.8 Å². The first-order valence-electron chi connectivity index (χ1n) is 10.4. The molecule has 2 aromatic carbocycles. The number of nitrogens with one attached hydrogen (secondary N) is 1. The van der Waals surface area contributed by atoms with Crippen LogP contribution in [0.25, 0.3) is 0 Å². The van der Waals surface area contributed by atoms with Crippen LogP contribution in [0, 0.1) is 0 Å². The Morgan fingerprint density at radius 3 is 2.81 bits per heavy atom. The lowest BCUT2D eigenvalue weighted by Crippen LogP contribution is -2.46. The molecule has 0 aromatic heterocycles. The average molecular weight is 447 g/mol. The van der Waals surface area contributed by atoms with Gasteiger partial charge in [-0.15, -0.1) is 0 Å². The van der Waals surface area contributed by atoms with Crippen molar-refractivity contribution in [1.82, 2.24) is 10.2 Å². The molecule has 1 spiro atoms. The molecule has 166 valence electrons. The van der Waals surface area contributed by atoms with Gasteiger partial charge in [-0.05, 0) is 30.5 Å². The molecule has 0 unspecified atom stereocenters. The minimum Gasteiger partial charge on any atom is -0.508 e. The minimum atomic E-state index is -0.744. The van der Waals surface area contributed by atoms with E-state index in [4.69, 9.17) is 21.1 Å². The Labute approximate surface area is 186 Å². The quantitative estimate of drug-likeness (QED) is 0.591. The van der Waals surface area contributed by atoms with Gasteiger partial charge in [-0.2, -0.15) is 0 Å². The van der Waals surface area contributed by atoms with E-state index >= 15 is 0 Å². The second kappa shape index (κ2) is 9.04. The van der Waals surface area contributed by atoms with E-state index in [9.17, 15) is 15.0 Å². The highest BCUT2D eigenvalue weighted by Crippen LogP contribution is 2.50. The summed E-state index contributed by atoms with van der Waals surface area (Å²) in [6.07, 6.45) is 0.856. The van der Waals surface area contributed by atoms with Gasteiger partial charge in [0.05, 0.1) is 11.2 Å². The van der Waals surface area contributed by atoms with Crippen molar-refractivity contribution in [2.45, 2.75) is 30.1 Å². The number of phenolic OH excluding ortho intramolecular Hbond substituents is 1. The van der Waals surface area contributed by atoms with Gasteiger partial charge in [-0.3, -0.25) is 4.79 Å². The molecular formula is C23H27ClN2O5. The Hall–Kier alpha value is -2.32. The van der Waals surface area contributed by atoms with E-state index in [1.807, 2.05) is 18.2 Å². The number of amides is 1. The first kappa shape index (κ1) is 21.9. The van der Waals surface area contributed by atoms with Crippen molar-refractivity contribution in [3.8, 4) is 11.5 Å². The van der Waals surface area contributed by atoms with E-state index < -0.39 is 11.7 Å². The largest absolute Gasteiger partial charge is 0.508 e. The fraction of sp³-hybridized carbons (Fsp3) is 0.435. The van der Waals surface area contributed by atoms with Crippen molar-refractivity contribution in [1.29, 1.82) is 0 Å². The fourth-order valence-electron chi connectivity index (χ4n) is 4.41. The molecule has 0 aliphatic carbocycles. The highest BCUT2D eigenvalue weighted by molar-refractivity contribution is 6.20. The third-order valence-corrected chi connectivity index (χ3v) is 6.35. The molecule has 0 bridgehead atoms. The molecule has 2 atom stereocenters. The second-order valence-corrected chi connectivity index (χ2v) is 8.44. The molecule has 8 heteroatoms. The van der Waals surface area contributed by atoms with Crippen LogP contribution in [-0.4, -0.2) is 60.4 Å². The average Bonchev–Trinajstić information content (AvgIpc) is 3.05. The summed E-state index contributed by atoms with van der Waals surface area (Å²) in [5.41, 5.74) is 1.75. The Morgan fingerprint density at radius 1 is 1.32 bits per heavy atom. The van der Waals surface area contributed by atoms with Crippen LogP contribution < -0.4 is 10.1 Å². The number of aliphatic hydroxyl groups is 1. The number of ether oxygens (including phenoxy) is 2. The second-order valence-electron chi connectivity index (χ2n) is 8.04. The molecule has 31 heavy (non-hydrogen) atoms. The van der Waals surface area contributed by atoms with Crippen molar-refractivity contribution >= 4 is 17.5 Å². The van der Waals surface area contributed by atoms with Crippen LogP contribution in [0.3, 0.4) is 0 Å². The van der Waals surface area contributed by atoms with Crippen LogP contribution >= 0.6 is 11.6 Å². The van der Waals surface area contributed by atoms with E-state index in [0.717, 1.165) is 31.5 Å². The maximum Gasteiger partial charge on any atom is 0.254 e. The molecule has 1 saturated heterocycles. The van der Waals surface area contributed by atoms with Gasteiger partial charge in [0.15, 0.2) is 5.56 Å². The number of likely N-dealkylation sites (tertiary alicyclic amines) is 1. The zero-order valence-electron chi connectivity index (χ0n) is 17.4. The number of halogens is 1. The number of aliphatic hydroxyl groups excluding tert-OH is 1. The lowest BCUT2D eigenvalue weighted by atomic mass is 9.84. The molecule has 0 saturated carbocycles. The minimum absolute atomic E-state index is 0.00656. The van der Waals surface area contributed by atoms with Gasteiger partial charge < -0.3 is 29.9 Å². The summed E-state index contributed by atoms with van der Waals surface area (Å²) >= 11 is 6.40. The van der Waals surface area contributed by atoms with Crippen molar-refractivity contribution in [3.05, 3.63) is 59.2 Å². The van der Waals surface area contributed by atoms with Crippen LogP contribution in [0.1, 0.15) is 39.9 Å². The molecule has 1 fully saturated rings. The molecule has 2 heterocycles. The molecule has 0 radical (unpaired) electrons. The molecule has 1 amide bonds. The highest BCUT2D eigenvalue weighted by Gasteiger charge is 2.46. The number of phenols is 1. The fourth-order valence-corrected chi connectivity index (χ4v) is 4.77. The number of carbonyl (C=O) groups excluding carboxylic acids is 1. The number of hydrogen-bond acceptors (Lipinski definition) is 6. The summed E-state index contributed by atoms with van der Waals surface area (Å²) in [6.45, 7) is 1.99. The summed E-state index contributed by atoms with van der Waals surface area (Å²) in [4.78, 5) is 14.2. The number of fused-ring (bicyclic) bond motifs is 2. The molecule has 7 nitrogen and oxygen atoms in total. The first-order valence-corrected chi connectivity index (χ1v) is 10.8. The number of hydrogen-bond donors (Lipinski definition) is 3. The maximum absolute atomic E-state index is 12.0. The zero-order chi connectivity index (χ0) is 22.0. The first-order chi connectivity index (χ1) is 14.9. The summed E-state index contributed by atoms with van der Waals surface area (Å²) in [5, 5.41) is 22.7. The Kier molecular flexibility index (Phi) is 6.39. The number of benzene rings is 2. The van der Waals surface area contributed by atoms with Gasteiger partial charge in [0.2, 0.25) is 0 Å². The summed E-state index contributed by atoms with van der Waals surface area (Å²) in [5.74, 6) is -0.0896. The SMILES string of the molecule is CNC(=O)c1ccc(O)cc1OC[C@@H](O)CN1CCC2(CC1)O[C@@H](Cl)c1ccccc12. The number of β-amino-alcohol motifs (C(OH)–C–C–N with tert-alkyl or cyclic N) is 1. The standard InChI is InChI=1S/C23H27ClN2O5/c1-25-22(29)18-7-6-15(27)12-20(18)30-14-16(28)13-26-10-8-23(9-11-26)19-5-3-2-4-17(19)21(24)31-23/h2-7,12,16,21,27-28H,8-11,13-14H2,1H3,(H,25,29)/t16-,21+/m0/s1. The predicted molar refractivity (Wildman–Crippen MR) is 116 cm³/mol. The van der Waals surface area contributed by atoms with Crippen LogP contribution in [-0.2, 0) is 10.3 Å². The lowest BCUT2D eigenvalue weighted by Gasteiger charge is -2.40. The Bertz CT molecular complexity index is 945. The van der Waals surface area contributed by atoms with E-state index in [-0.39, 0.29) is 29.6 Å². The number of rotatable bonds is 6. The summed E-state index contributed by atoms with van der Waals surface area (Å²) in [7, 11) is 1.52. The number of piperidine rings is 1. The molecule has 2 aliphatic rings. The summed E-state index contributed by atoms with van der Waals surface area (Å²) < 4.78 is 11.8. The number of alkyl halides is 1. The van der Waals surface area contributed by atoms with Gasteiger partial charge in [-0.1, -0.05) is 35.9 Å². The third-order valence-electron chi connectivity index (χ3n) is 6.03. The van der Waals surface area contributed by atoms with Crippen LogP contribution in [0.5, 0.6) is 11.5 Å². The van der Waals surface area contributed by atoms with Gasteiger partial charge in [-0.25, -0.2) is 0 Å². The summed E-state index contributed by atoms with van der Waals surface area (Å²) in [6, 6.07) is 12.4. The zero-order valence-corrected chi connectivity index (χ0v) is 18.1. The molecule has 4 rings (SSSR count). The smallest absolute Gasteiger partial charge is 0.254 e. The Morgan fingerprint density at radius 2 is 2.06 bits per heavy atom. The van der Waals surface area contributed by atoms with Crippen LogP contribution in [0.4, 0.5) is 0 Å². The highest BCUT2D eigenvalue weighted by atomic mass is 35.5. The molecular weight excluding hydrogens is 420 g/mol. The molecule has 2 aromatic rings. The molecule has 3 N–H and O–H groups in total.